The van der Waals surface area contributed by atoms with Crippen LogP contribution >= 0.6 is 0 Å². The number of hydrogen-bond donors (Lipinski definition) is 3. The molecule has 9 heteroatoms. The molecule has 0 aromatic carbocycles. The minimum Gasteiger partial charge on any atom is -0.354 e. The quantitative estimate of drug-likeness (QED) is 0.499. The molecular weight excluding hydrogens is 260 g/mol. The molecule has 1 fully saturated rings. The Balaban J connectivity index is 2.32. The highest BCUT2D eigenvalue weighted by molar-refractivity contribution is 7.89. The van der Waals surface area contributed by atoms with E-state index in [1.807, 2.05) is 0 Å². The van der Waals surface area contributed by atoms with E-state index in [0.717, 1.165) is 4.31 Å². The molecule has 1 aliphatic heterocycles. The van der Waals surface area contributed by atoms with Crippen LogP contribution in [0.4, 0.5) is 0 Å². The zero-order valence-corrected chi connectivity index (χ0v) is 11.2. The molecule has 1 rings (SSSR count). The third kappa shape index (κ3) is 4.24. The van der Waals surface area contributed by atoms with Gasteiger partial charge in [-0.25, -0.2) is 12.7 Å². The van der Waals surface area contributed by atoms with Gasteiger partial charge >= 0.3 is 0 Å². The molecule has 1 saturated heterocycles. The van der Waals surface area contributed by atoms with Gasteiger partial charge in [0.05, 0.1) is 12.3 Å². The lowest BCUT2D eigenvalue weighted by Gasteiger charge is -2.23. The lowest BCUT2D eigenvalue weighted by Crippen LogP contribution is -2.58. The van der Waals surface area contributed by atoms with Crippen molar-refractivity contribution in [3.63, 3.8) is 0 Å². The number of carbonyl (C=O) groups excluding carboxylic acids is 2. The molecule has 18 heavy (non-hydrogen) atoms. The third-order valence-electron chi connectivity index (χ3n) is 2.54. The van der Waals surface area contributed by atoms with Crippen LogP contribution in [0.3, 0.4) is 0 Å². The van der Waals surface area contributed by atoms with Crippen LogP contribution in [0.5, 0.6) is 0 Å². The normalized spacial score (nSPS) is 20.6. The molecule has 1 heterocycles. The van der Waals surface area contributed by atoms with Gasteiger partial charge in [0.2, 0.25) is 21.8 Å². The first-order valence-electron chi connectivity index (χ1n) is 5.51. The zero-order valence-electron chi connectivity index (χ0n) is 10.4. The average Bonchev–Trinajstić information content (AvgIpc) is 2.29. The van der Waals surface area contributed by atoms with Crippen molar-refractivity contribution in [1.82, 2.24) is 20.3 Å². The van der Waals surface area contributed by atoms with Crippen LogP contribution in [0.15, 0.2) is 0 Å². The highest BCUT2D eigenvalue weighted by Gasteiger charge is 2.23. The Morgan fingerprint density at radius 2 is 2.17 bits per heavy atom. The monoisotopic (exact) mass is 278 g/mol. The van der Waals surface area contributed by atoms with Crippen molar-refractivity contribution in [2.24, 2.45) is 0 Å². The SMILES string of the molecule is CN(C)S(=O)(=O)CCNC(=O)C1CNC(=O)CN1. The fourth-order valence-corrected chi connectivity index (χ4v) is 2.09. The van der Waals surface area contributed by atoms with Gasteiger partial charge < -0.3 is 10.6 Å². The predicted molar refractivity (Wildman–Crippen MR) is 65.3 cm³/mol. The maximum atomic E-state index is 11.6. The Morgan fingerprint density at radius 1 is 1.50 bits per heavy atom. The molecule has 0 radical (unpaired) electrons. The lowest BCUT2D eigenvalue weighted by molar-refractivity contribution is -0.126. The summed E-state index contributed by atoms with van der Waals surface area (Å²) < 4.78 is 24.0. The van der Waals surface area contributed by atoms with E-state index in [0.29, 0.717) is 0 Å². The molecular formula is C9H18N4O4S. The molecule has 0 saturated carbocycles. The largest absolute Gasteiger partial charge is 0.354 e. The second-order valence-corrected chi connectivity index (χ2v) is 6.43. The zero-order chi connectivity index (χ0) is 13.8. The second kappa shape index (κ2) is 6.12. The minimum absolute atomic E-state index is 0.0471. The highest BCUT2D eigenvalue weighted by atomic mass is 32.2. The van der Waals surface area contributed by atoms with E-state index in [4.69, 9.17) is 0 Å². The van der Waals surface area contributed by atoms with Gasteiger partial charge in [-0.1, -0.05) is 0 Å². The van der Waals surface area contributed by atoms with Gasteiger partial charge in [-0.05, 0) is 0 Å². The van der Waals surface area contributed by atoms with Gasteiger partial charge in [-0.3, -0.25) is 14.9 Å². The van der Waals surface area contributed by atoms with E-state index in [1.165, 1.54) is 14.1 Å². The molecule has 1 aliphatic rings. The molecule has 8 nitrogen and oxygen atoms in total. The van der Waals surface area contributed by atoms with Crippen LogP contribution in [0.2, 0.25) is 0 Å². The van der Waals surface area contributed by atoms with Crippen molar-refractivity contribution in [1.29, 1.82) is 0 Å². The van der Waals surface area contributed by atoms with Gasteiger partial charge in [-0.15, -0.1) is 0 Å². The summed E-state index contributed by atoms with van der Waals surface area (Å²) >= 11 is 0. The molecule has 0 bridgehead atoms. The van der Waals surface area contributed by atoms with Gasteiger partial charge in [0, 0.05) is 27.2 Å². The number of nitrogens with zero attached hydrogens (tertiary/aromatic N) is 1. The van der Waals surface area contributed by atoms with Crippen molar-refractivity contribution in [2.45, 2.75) is 6.04 Å². The van der Waals surface area contributed by atoms with Gasteiger partial charge in [0.15, 0.2) is 0 Å². The summed E-state index contributed by atoms with van der Waals surface area (Å²) in [5, 5.41) is 7.82. The summed E-state index contributed by atoms with van der Waals surface area (Å²) in [5.74, 6) is -0.622. The standard InChI is InChI=1S/C9H18N4O4S/c1-13(2)18(16,17)4-3-10-9(15)7-5-12-8(14)6-11-7/h7,11H,3-6H2,1-2H3,(H,10,15)(H,12,14). The number of amides is 2. The molecule has 0 spiro atoms. The molecule has 3 N–H and O–H groups in total. The Bertz CT molecular complexity index is 410. The highest BCUT2D eigenvalue weighted by Crippen LogP contribution is 1.93. The van der Waals surface area contributed by atoms with Crippen molar-refractivity contribution in [3.05, 3.63) is 0 Å². The molecule has 1 atom stereocenters. The number of sulfonamides is 1. The lowest BCUT2D eigenvalue weighted by atomic mass is 10.2. The van der Waals surface area contributed by atoms with Crippen LogP contribution in [-0.4, -0.2) is 70.1 Å². The van der Waals surface area contributed by atoms with Crippen molar-refractivity contribution in [3.8, 4) is 0 Å². The molecule has 0 aromatic heterocycles. The van der Waals surface area contributed by atoms with E-state index in [1.54, 1.807) is 0 Å². The van der Waals surface area contributed by atoms with Gasteiger partial charge in [0.1, 0.15) is 6.04 Å². The van der Waals surface area contributed by atoms with Crippen LogP contribution in [0.25, 0.3) is 0 Å². The Labute approximate surface area is 106 Å². The van der Waals surface area contributed by atoms with E-state index < -0.39 is 16.1 Å². The fourth-order valence-electron chi connectivity index (χ4n) is 1.36. The van der Waals surface area contributed by atoms with Crippen LogP contribution < -0.4 is 16.0 Å². The number of rotatable bonds is 5. The van der Waals surface area contributed by atoms with Crippen LogP contribution in [0, 0.1) is 0 Å². The maximum Gasteiger partial charge on any atom is 0.239 e. The summed E-state index contributed by atoms with van der Waals surface area (Å²) in [5.41, 5.74) is 0. The fraction of sp³-hybridized carbons (Fsp3) is 0.778. The first-order chi connectivity index (χ1) is 8.33. The van der Waals surface area contributed by atoms with E-state index >= 15 is 0 Å². The summed E-state index contributed by atoms with van der Waals surface area (Å²) in [4.78, 5) is 22.5. The number of carbonyl (C=O) groups is 2. The maximum absolute atomic E-state index is 11.6. The van der Waals surface area contributed by atoms with E-state index in [9.17, 15) is 18.0 Å². The number of nitrogens with one attached hydrogen (secondary N) is 3. The summed E-state index contributed by atoms with van der Waals surface area (Å²) in [7, 11) is -0.425. The molecule has 2 amide bonds. The average molecular weight is 278 g/mol. The molecule has 0 aromatic rings. The third-order valence-corrected chi connectivity index (χ3v) is 4.38. The summed E-state index contributed by atoms with van der Waals surface area (Å²) in [6.07, 6.45) is 0. The number of hydrogen-bond acceptors (Lipinski definition) is 5. The smallest absolute Gasteiger partial charge is 0.239 e. The Hall–Kier alpha value is -1.19. The summed E-state index contributed by atoms with van der Waals surface area (Å²) in [6, 6.07) is -0.509. The summed E-state index contributed by atoms with van der Waals surface area (Å²) in [6.45, 7) is 0.352. The van der Waals surface area contributed by atoms with Crippen molar-refractivity contribution >= 4 is 21.8 Å². The molecule has 0 aliphatic carbocycles. The topological polar surface area (TPSA) is 108 Å². The second-order valence-electron chi connectivity index (χ2n) is 4.13. The number of piperazine rings is 1. The van der Waals surface area contributed by atoms with Crippen LogP contribution in [-0.2, 0) is 19.6 Å². The Kier molecular flexibility index (Phi) is 5.05. The van der Waals surface area contributed by atoms with Gasteiger partial charge in [0.25, 0.3) is 0 Å². The Morgan fingerprint density at radius 3 is 2.67 bits per heavy atom. The van der Waals surface area contributed by atoms with Crippen LogP contribution in [0.1, 0.15) is 0 Å². The molecule has 104 valence electrons. The predicted octanol–water partition coefficient (Wildman–Crippen LogP) is -2.92. The first kappa shape index (κ1) is 14.9. The van der Waals surface area contributed by atoms with Crippen molar-refractivity contribution < 1.29 is 18.0 Å². The first-order valence-corrected chi connectivity index (χ1v) is 7.12. The molecule has 1 unspecified atom stereocenters. The van der Waals surface area contributed by atoms with Gasteiger partial charge in [-0.2, -0.15) is 0 Å². The van der Waals surface area contributed by atoms with E-state index in [-0.39, 0.29) is 37.2 Å². The van der Waals surface area contributed by atoms with E-state index in [2.05, 4.69) is 16.0 Å². The minimum atomic E-state index is -3.30. The van der Waals surface area contributed by atoms with Crippen molar-refractivity contribution in [2.75, 3.05) is 39.5 Å².